The van der Waals surface area contributed by atoms with E-state index in [-0.39, 0.29) is 5.82 Å². The van der Waals surface area contributed by atoms with Crippen LogP contribution in [0.4, 0.5) is 4.39 Å². The number of unbranched alkanes of at least 4 members (excludes halogenated alkanes) is 2. The fourth-order valence-corrected chi connectivity index (χ4v) is 4.47. The Labute approximate surface area is 170 Å². The Hall–Kier alpha value is -1.67. The average Bonchev–Trinajstić information content (AvgIpc) is 2.74. The molecule has 0 amide bonds. The molecule has 0 atom stereocenters. The number of ether oxygens (including phenoxy) is 1. The molecule has 0 aromatic heterocycles. The third-order valence-corrected chi connectivity index (χ3v) is 6.29. The zero-order valence-electron chi connectivity index (χ0n) is 17.6. The summed E-state index contributed by atoms with van der Waals surface area (Å²) in [5.74, 6) is 1.46. The molecule has 2 heteroatoms. The minimum absolute atomic E-state index is 0.184. The second-order valence-corrected chi connectivity index (χ2v) is 8.28. The van der Waals surface area contributed by atoms with Crippen molar-refractivity contribution in [2.24, 2.45) is 5.92 Å². The fraction of sp³-hybridized carbons (Fsp3) is 0.538. The van der Waals surface area contributed by atoms with E-state index >= 15 is 0 Å². The van der Waals surface area contributed by atoms with Gasteiger partial charge in [-0.25, -0.2) is 4.39 Å². The summed E-state index contributed by atoms with van der Waals surface area (Å²) in [6, 6.07) is 14.3. The van der Waals surface area contributed by atoms with Crippen LogP contribution in [0.1, 0.15) is 82.3 Å². The summed E-state index contributed by atoms with van der Waals surface area (Å²) in [5, 5.41) is 0. The molecular formula is C26H35FO. The monoisotopic (exact) mass is 382 g/mol. The van der Waals surface area contributed by atoms with Crippen LogP contribution in [0.25, 0.3) is 11.1 Å². The molecule has 0 unspecified atom stereocenters. The van der Waals surface area contributed by atoms with Crippen molar-refractivity contribution in [2.75, 3.05) is 6.61 Å². The van der Waals surface area contributed by atoms with Gasteiger partial charge in [0.05, 0.1) is 6.61 Å². The molecular weight excluding hydrogens is 347 g/mol. The molecule has 2 aromatic carbocycles. The summed E-state index contributed by atoms with van der Waals surface area (Å²) in [5.41, 5.74) is 4.09. The maximum Gasteiger partial charge on any atom is 0.129 e. The Balaban J connectivity index is 1.57. The standard InChI is InChI=1S/C26H35FO/c1-3-5-6-7-20-8-10-21(11-9-20)22-12-14-23(15-13-22)24-16-17-25(19-28-4-2)26(27)18-24/h12-18,20-21H,3-11,19H2,1-2H3/t20-,21-. The zero-order valence-corrected chi connectivity index (χ0v) is 17.6. The van der Waals surface area contributed by atoms with E-state index in [0.29, 0.717) is 24.7 Å². The number of rotatable bonds is 9. The smallest absolute Gasteiger partial charge is 0.129 e. The van der Waals surface area contributed by atoms with Crippen LogP contribution in [0.15, 0.2) is 42.5 Å². The molecule has 0 radical (unpaired) electrons. The maximum atomic E-state index is 14.3. The summed E-state index contributed by atoms with van der Waals surface area (Å²) in [4.78, 5) is 0. The fourth-order valence-electron chi connectivity index (χ4n) is 4.47. The summed E-state index contributed by atoms with van der Waals surface area (Å²) < 4.78 is 19.6. The number of hydrogen-bond donors (Lipinski definition) is 0. The highest BCUT2D eigenvalue weighted by Gasteiger charge is 2.22. The molecule has 1 nitrogen and oxygen atoms in total. The molecule has 0 heterocycles. The largest absolute Gasteiger partial charge is 0.377 e. The van der Waals surface area contributed by atoms with E-state index in [1.807, 2.05) is 19.1 Å². The molecule has 1 aliphatic rings. The van der Waals surface area contributed by atoms with Crippen molar-refractivity contribution in [3.8, 4) is 11.1 Å². The lowest BCUT2D eigenvalue weighted by Gasteiger charge is -2.29. The van der Waals surface area contributed by atoms with E-state index in [1.165, 1.54) is 56.9 Å². The van der Waals surface area contributed by atoms with Crippen molar-refractivity contribution < 1.29 is 9.13 Å². The van der Waals surface area contributed by atoms with Crippen LogP contribution in [-0.4, -0.2) is 6.61 Å². The summed E-state index contributed by atoms with van der Waals surface area (Å²) in [6.45, 7) is 5.14. The molecule has 0 bridgehead atoms. The van der Waals surface area contributed by atoms with Crippen LogP contribution in [0.3, 0.4) is 0 Å². The molecule has 1 fully saturated rings. The lowest BCUT2D eigenvalue weighted by atomic mass is 9.77. The van der Waals surface area contributed by atoms with Crippen molar-refractivity contribution in [3.63, 3.8) is 0 Å². The van der Waals surface area contributed by atoms with Gasteiger partial charge >= 0.3 is 0 Å². The van der Waals surface area contributed by atoms with Crippen molar-refractivity contribution in [2.45, 2.75) is 77.7 Å². The van der Waals surface area contributed by atoms with Gasteiger partial charge in [-0.2, -0.15) is 0 Å². The first-order valence-electron chi connectivity index (χ1n) is 11.2. The van der Waals surface area contributed by atoms with E-state index in [4.69, 9.17) is 4.74 Å². The van der Waals surface area contributed by atoms with Crippen molar-refractivity contribution in [1.29, 1.82) is 0 Å². The zero-order chi connectivity index (χ0) is 19.8. The van der Waals surface area contributed by atoms with Crippen LogP contribution in [0.5, 0.6) is 0 Å². The quantitative estimate of drug-likeness (QED) is 0.401. The van der Waals surface area contributed by atoms with Gasteiger partial charge in [-0.05, 0) is 67.2 Å². The third-order valence-electron chi connectivity index (χ3n) is 6.29. The van der Waals surface area contributed by atoms with Gasteiger partial charge in [0.2, 0.25) is 0 Å². The first kappa shape index (κ1) is 21.0. The minimum atomic E-state index is -0.184. The van der Waals surface area contributed by atoms with Crippen LogP contribution < -0.4 is 0 Å². The van der Waals surface area contributed by atoms with Gasteiger partial charge < -0.3 is 4.74 Å². The highest BCUT2D eigenvalue weighted by Crippen LogP contribution is 2.38. The Bertz CT molecular complexity index is 714. The molecule has 3 rings (SSSR count). The predicted molar refractivity (Wildman–Crippen MR) is 116 cm³/mol. The molecule has 0 spiro atoms. The summed E-state index contributed by atoms with van der Waals surface area (Å²) >= 11 is 0. The average molecular weight is 383 g/mol. The molecule has 0 N–H and O–H groups in total. The molecule has 28 heavy (non-hydrogen) atoms. The van der Waals surface area contributed by atoms with Gasteiger partial charge in [0, 0.05) is 12.2 Å². The first-order valence-corrected chi connectivity index (χ1v) is 11.2. The highest BCUT2D eigenvalue weighted by atomic mass is 19.1. The molecule has 0 aliphatic heterocycles. The Morgan fingerprint density at radius 3 is 2.25 bits per heavy atom. The van der Waals surface area contributed by atoms with Gasteiger partial charge in [0.1, 0.15) is 5.82 Å². The van der Waals surface area contributed by atoms with Crippen molar-refractivity contribution in [1.82, 2.24) is 0 Å². The van der Waals surface area contributed by atoms with Gasteiger partial charge in [-0.3, -0.25) is 0 Å². The van der Waals surface area contributed by atoms with Crippen molar-refractivity contribution in [3.05, 3.63) is 59.4 Å². The maximum absolute atomic E-state index is 14.3. The van der Waals surface area contributed by atoms with Crippen molar-refractivity contribution >= 4 is 0 Å². The number of halogens is 1. The second-order valence-electron chi connectivity index (χ2n) is 8.28. The van der Waals surface area contributed by atoms with E-state index in [9.17, 15) is 4.39 Å². The molecule has 152 valence electrons. The lowest BCUT2D eigenvalue weighted by Crippen LogP contribution is -2.13. The molecule has 1 saturated carbocycles. The van der Waals surface area contributed by atoms with E-state index in [0.717, 1.165) is 17.0 Å². The Morgan fingerprint density at radius 1 is 0.893 bits per heavy atom. The minimum Gasteiger partial charge on any atom is -0.377 e. The number of benzene rings is 2. The van der Waals surface area contributed by atoms with Crippen LogP contribution in [0.2, 0.25) is 0 Å². The van der Waals surface area contributed by atoms with Crippen LogP contribution in [-0.2, 0) is 11.3 Å². The second kappa shape index (κ2) is 10.8. The van der Waals surface area contributed by atoms with Gasteiger partial charge in [0.25, 0.3) is 0 Å². The third kappa shape index (κ3) is 5.67. The van der Waals surface area contributed by atoms with Gasteiger partial charge in [-0.15, -0.1) is 0 Å². The normalized spacial score (nSPS) is 19.7. The SMILES string of the molecule is CCCCC[C@H]1CC[C@H](c2ccc(-c3ccc(COCC)c(F)c3)cc2)CC1. The topological polar surface area (TPSA) is 9.23 Å². The molecule has 1 aliphatic carbocycles. The summed E-state index contributed by atoms with van der Waals surface area (Å²) in [7, 11) is 0. The summed E-state index contributed by atoms with van der Waals surface area (Å²) in [6.07, 6.45) is 10.9. The van der Waals surface area contributed by atoms with Gasteiger partial charge in [-0.1, -0.05) is 69.0 Å². The Morgan fingerprint density at radius 2 is 1.61 bits per heavy atom. The number of hydrogen-bond acceptors (Lipinski definition) is 1. The lowest BCUT2D eigenvalue weighted by molar-refractivity contribution is 0.131. The molecule has 2 aromatic rings. The Kier molecular flexibility index (Phi) is 8.09. The van der Waals surface area contributed by atoms with E-state index < -0.39 is 0 Å². The molecule has 0 saturated heterocycles. The first-order chi connectivity index (χ1) is 13.7. The van der Waals surface area contributed by atoms with Crippen LogP contribution >= 0.6 is 0 Å². The van der Waals surface area contributed by atoms with E-state index in [1.54, 1.807) is 6.07 Å². The van der Waals surface area contributed by atoms with Crippen LogP contribution in [0, 0.1) is 11.7 Å². The predicted octanol–water partition coefficient (Wildman–Crippen LogP) is 7.88. The van der Waals surface area contributed by atoms with Gasteiger partial charge in [0.15, 0.2) is 0 Å². The highest BCUT2D eigenvalue weighted by molar-refractivity contribution is 5.64. The van der Waals surface area contributed by atoms with E-state index in [2.05, 4.69) is 31.2 Å².